The standard InChI is InChI=1S/C15H13BrINO/c1-9-6-11(16)8-12(7-9)18-15(19)13-5-3-4-10(2)14(13)17/h3-8H,1-2H3,(H,18,19). The first-order chi connectivity index (χ1) is 8.97. The molecule has 0 saturated heterocycles. The molecule has 0 spiro atoms. The number of carbonyl (C=O) groups is 1. The lowest BCUT2D eigenvalue weighted by Crippen LogP contribution is -2.14. The summed E-state index contributed by atoms with van der Waals surface area (Å²) in [5.74, 6) is -0.0781. The van der Waals surface area contributed by atoms with E-state index in [1.165, 1.54) is 0 Å². The summed E-state index contributed by atoms with van der Waals surface area (Å²) in [7, 11) is 0. The van der Waals surface area contributed by atoms with Crippen molar-refractivity contribution < 1.29 is 4.79 Å². The highest BCUT2D eigenvalue weighted by Crippen LogP contribution is 2.21. The number of anilines is 1. The highest BCUT2D eigenvalue weighted by Gasteiger charge is 2.11. The van der Waals surface area contributed by atoms with Crippen LogP contribution in [0.1, 0.15) is 21.5 Å². The maximum Gasteiger partial charge on any atom is 0.256 e. The third-order valence-electron chi connectivity index (χ3n) is 2.74. The minimum Gasteiger partial charge on any atom is -0.322 e. The number of benzene rings is 2. The Kier molecular flexibility index (Phi) is 4.62. The van der Waals surface area contributed by atoms with Crippen molar-refractivity contribution in [3.8, 4) is 0 Å². The summed E-state index contributed by atoms with van der Waals surface area (Å²) in [6.45, 7) is 4.00. The maximum atomic E-state index is 12.3. The first-order valence-corrected chi connectivity index (χ1v) is 7.68. The molecule has 98 valence electrons. The number of halogens is 2. The van der Waals surface area contributed by atoms with Crippen LogP contribution in [0.25, 0.3) is 0 Å². The van der Waals surface area contributed by atoms with Crippen molar-refractivity contribution in [1.29, 1.82) is 0 Å². The van der Waals surface area contributed by atoms with E-state index in [1.807, 2.05) is 50.2 Å². The molecule has 0 unspecified atom stereocenters. The summed E-state index contributed by atoms with van der Waals surface area (Å²) < 4.78 is 1.95. The van der Waals surface area contributed by atoms with Crippen LogP contribution in [-0.2, 0) is 0 Å². The van der Waals surface area contributed by atoms with Gasteiger partial charge in [0, 0.05) is 13.7 Å². The van der Waals surface area contributed by atoms with Gasteiger partial charge in [0.15, 0.2) is 0 Å². The van der Waals surface area contributed by atoms with Gasteiger partial charge in [-0.25, -0.2) is 0 Å². The molecule has 2 aromatic carbocycles. The molecule has 2 rings (SSSR count). The second-order valence-electron chi connectivity index (χ2n) is 4.41. The van der Waals surface area contributed by atoms with Gasteiger partial charge in [-0.15, -0.1) is 0 Å². The fourth-order valence-electron chi connectivity index (χ4n) is 1.83. The quantitative estimate of drug-likeness (QED) is 0.674. The number of rotatable bonds is 2. The minimum absolute atomic E-state index is 0.0781. The normalized spacial score (nSPS) is 10.3. The first-order valence-electron chi connectivity index (χ1n) is 5.81. The molecule has 2 nitrogen and oxygen atoms in total. The van der Waals surface area contributed by atoms with Crippen LogP contribution in [-0.4, -0.2) is 5.91 Å². The van der Waals surface area contributed by atoms with E-state index in [4.69, 9.17) is 0 Å². The van der Waals surface area contributed by atoms with Crippen LogP contribution < -0.4 is 5.32 Å². The van der Waals surface area contributed by atoms with Crippen molar-refractivity contribution in [2.75, 3.05) is 5.32 Å². The minimum atomic E-state index is -0.0781. The van der Waals surface area contributed by atoms with E-state index in [0.717, 1.165) is 24.9 Å². The molecule has 1 N–H and O–H groups in total. The lowest BCUT2D eigenvalue weighted by molar-refractivity contribution is 0.102. The second-order valence-corrected chi connectivity index (χ2v) is 6.40. The van der Waals surface area contributed by atoms with Gasteiger partial charge < -0.3 is 5.32 Å². The molecular formula is C15H13BrINO. The van der Waals surface area contributed by atoms with Gasteiger partial charge in [-0.05, 0) is 71.8 Å². The smallest absolute Gasteiger partial charge is 0.256 e. The van der Waals surface area contributed by atoms with Crippen molar-refractivity contribution in [1.82, 2.24) is 0 Å². The molecule has 19 heavy (non-hydrogen) atoms. The van der Waals surface area contributed by atoms with Crippen molar-refractivity contribution in [2.45, 2.75) is 13.8 Å². The molecule has 0 radical (unpaired) electrons. The monoisotopic (exact) mass is 429 g/mol. The highest BCUT2D eigenvalue weighted by atomic mass is 127. The van der Waals surface area contributed by atoms with Crippen molar-refractivity contribution >= 4 is 50.1 Å². The van der Waals surface area contributed by atoms with Crippen LogP contribution in [0.5, 0.6) is 0 Å². The van der Waals surface area contributed by atoms with Crippen LogP contribution in [0.4, 0.5) is 5.69 Å². The number of nitrogens with one attached hydrogen (secondary N) is 1. The van der Waals surface area contributed by atoms with Gasteiger partial charge in [0.2, 0.25) is 0 Å². The molecule has 2 aromatic rings. The summed E-state index contributed by atoms with van der Waals surface area (Å²) >= 11 is 5.64. The lowest BCUT2D eigenvalue weighted by atomic mass is 10.1. The molecule has 0 aliphatic heterocycles. The molecule has 0 aromatic heterocycles. The van der Waals surface area contributed by atoms with Crippen LogP contribution >= 0.6 is 38.5 Å². The Balaban J connectivity index is 2.28. The summed E-state index contributed by atoms with van der Waals surface area (Å²) in [5.41, 5.74) is 3.72. The molecule has 0 bridgehead atoms. The first kappa shape index (κ1) is 14.5. The zero-order chi connectivity index (χ0) is 14.0. The molecule has 1 amide bonds. The van der Waals surface area contributed by atoms with Gasteiger partial charge in [-0.3, -0.25) is 4.79 Å². The number of hydrogen-bond donors (Lipinski definition) is 1. The topological polar surface area (TPSA) is 29.1 Å². The summed E-state index contributed by atoms with van der Waals surface area (Å²) in [6, 6.07) is 11.6. The van der Waals surface area contributed by atoms with Gasteiger partial charge in [0.25, 0.3) is 5.91 Å². The molecule has 0 atom stereocenters. The number of aryl methyl sites for hydroxylation is 2. The molecule has 0 fully saturated rings. The number of amides is 1. The van der Waals surface area contributed by atoms with Crippen LogP contribution in [0.2, 0.25) is 0 Å². The van der Waals surface area contributed by atoms with Gasteiger partial charge in [0.05, 0.1) is 5.56 Å². The van der Waals surface area contributed by atoms with Gasteiger partial charge in [0.1, 0.15) is 0 Å². The van der Waals surface area contributed by atoms with Gasteiger partial charge in [-0.1, -0.05) is 28.1 Å². The summed E-state index contributed by atoms with van der Waals surface area (Å²) in [5, 5.41) is 2.93. The fourth-order valence-corrected chi connectivity index (χ4v) is 3.04. The average molecular weight is 430 g/mol. The Hall–Kier alpha value is -0.880. The number of carbonyl (C=O) groups excluding carboxylic acids is 1. The van der Waals surface area contributed by atoms with Gasteiger partial charge in [-0.2, -0.15) is 0 Å². The zero-order valence-electron chi connectivity index (χ0n) is 10.6. The van der Waals surface area contributed by atoms with E-state index in [0.29, 0.717) is 5.56 Å². The van der Waals surface area contributed by atoms with Crippen LogP contribution in [0.3, 0.4) is 0 Å². The molecule has 0 heterocycles. The van der Waals surface area contributed by atoms with E-state index in [-0.39, 0.29) is 5.91 Å². The third-order valence-corrected chi connectivity index (χ3v) is 4.63. The van der Waals surface area contributed by atoms with E-state index in [2.05, 4.69) is 43.8 Å². The number of hydrogen-bond acceptors (Lipinski definition) is 1. The Morgan fingerprint density at radius 1 is 1.21 bits per heavy atom. The van der Waals surface area contributed by atoms with E-state index < -0.39 is 0 Å². The zero-order valence-corrected chi connectivity index (χ0v) is 14.4. The van der Waals surface area contributed by atoms with Gasteiger partial charge >= 0.3 is 0 Å². The molecule has 4 heteroatoms. The van der Waals surface area contributed by atoms with E-state index in [9.17, 15) is 4.79 Å². The van der Waals surface area contributed by atoms with E-state index >= 15 is 0 Å². The Morgan fingerprint density at radius 3 is 2.63 bits per heavy atom. The van der Waals surface area contributed by atoms with Crippen molar-refractivity contribution in [3.05, 3.63) is 61.1 Å². The van der Waals surface area contributed by atoms with Crippen LogP contribution in [0.15, 0.2) is 40.9 Å². The summed E-state index contributed by atoms with van der Waals surface area (Å²) in [4.78, 5) is 12.3. The van der Waals surface area contributed by atoms with Crippen molar-refractivity contribution in [3.63, 3.8) is 0 Å². The predicted molar refractivity (Wildman–Crippen MR) is 90.7 cm³/mol. The van der Waals surface area contributed by atoms with Crippen LogP contribution in [0, 0.1) is 17.4 Å². The second kappa shape index (κ2) is 6.05. The fraction of sp³-hybridized carbons (Fsp3) is 0.133. The largest absolute Gasteiger partial charge is 0.322 e. The highest BCUT2D eigenvalue weighted by molar-refractivity contribution is 14.1. The lowest BCUT2D eigenvalue weighted by Gasteiger charge is -2.09. The Bertz CT molecular complexity index is 620. The Labute approximate surface area is 134 Å². The summed E-state index contributed by atoms with van der Waals surface area (Å²) in [6.07, 6.45) is 0. The SMILES string of the molecule is Cc1cc(Br)cc(NC(=O)c2cccc(C)c2I)c1. The molecule has 0 aliphatic rings. The molecule has 0 saturated carbocycles. The molecule has 0 aliphatic carbocycles. The Morgan fingerprint density at radius 2 is 1.95 bits per heavy atom. The molecular weight excluding hydrogens is 417 g/mol. The van der Waals surface area contributed by atoms with E-state index in [1.54, 1.807) is 0 Å². The predicted octanol–water partition coefficient (Wildman–Crippen LogP) is 4.92. The third kappa shape index (κ3) is 3.57. The maximum absolute atomic E-state index is 12.3. The van der Waals surface area contributed by atoms with Crippen molar-refractivity contribution in [2.24, 2.45) is 0 Å². The average Bonchev–Trinajstić information content (AvgIpc) is 2.31.